The molecule has 136 valence electrons. The Balaban J connectivity index is 1.99. The van der Waals surface area contributed by atoms with Gasteiger partial charge in [-0.15, -0.1) is 0 Å². The zero-order valence-electron chi connectivity index (χ0n) is 15.2. The number of ether oxygens (including phenoxy) is 1. The third-order valence-corrected chi connectivity index (χ3v) is 4.17. The summed E-state index contributed by atoms with van der Waals surface area (Å²) in [5, 5.41) is 8.70. The molecule has 0 saturated heterocycles. The number of aromatic nitrogens is 3. The number of anilines is 1. The van der Waals surface area contributed by atoms with Crippen molar-refractivity contribution in [1.82, 2.24) is 14.8 Å². The second-order valence-corrected chi connectivity index (χ2v) is 6.07. The molecule has 0 spiro atoms. The van der Waals surface area contributed by atoms with Gasteiger partial charge in [0.05, 0.1) is 30.4 Å². The van der Waals surface area contributed by atoms with Gasteiger partial charge in [0, 0.05) is 12.7 Å². The zero-order chi connectivity index (χ0) is 18.4. The number of nitrogens with one attached hydrogen (secondary N) is 1. The standard InChI is InChI=1S/C20H24N4O2/c1-3-5-11-21-18-16-13-23-24(14-15-9-7-6-8-10-15)19(16)22-12-17(18)20(25)26-4-2/h6-10,12-13H,3-5,11,14H2,1-2H3,(H,21,22). The van der Waals surface area contributed by atoms with Crippen molar-refractivity contribution in [3.63, 3.8) is 0 Å². The lowest BCUT2D eigenvalue weighted by molar-refractivity contribution is 0.0527. The van der Waals surface area contributed by atoms with Crippen molar-refractivity contribution >= 4 is 22.7 Å². The summed E-state index contributed by atoms with van der Waals surface area (Å²) in [6.07, 6.45) is 5.44. The SMILES string of the molecule is CCCCNc1c(C(=O)OCC)cnc2c1cnn2Cc1ccccc1. The van der Waals surface area contributed by atoms with Gasteiger partial charge in [-0.2, -0.15) is 5.10 Å². The molecular weight excluding hydrogens is 328 g/mol. The Morgan fingerprint density at radius 2 is 2.00 bits per heavy atom. The van der Waals surface area contributed by atoms with E-state index in [1.54, 1.807) is 19.3 Å². The Morgan fingerprint density at radius 1 is 1.19 bits per heavy atom. The fraction of sp³-hybridized carbons (Fsp3) is 0.350. The van der Waals surface area contributed by atoms with Crippen LogP contribution in [0.1, 0.15) is 42.6 Å². The lowest BCUT2D eigenvalue weighted by Gasteiger charge is -2.12. The van der Waals surface area contributed by atoms with Crippen LogP contribution in [0.2, 0.25) is 0 Å². The number of pyridine rings is 1. The number of benzene rings is 1. The highest BCUT2D eigenvalue weighted by atomic mass is 16.5. The Labute approximate surface area is 153 Å². The lowest BCUT2D eigenvalue weighted by atomic mass is 10.1. The molecule has 0 aliphatic carbocycles. The van der Waals surface area contributed by atoms with Gasteiger partial charge in [0.2, 0.25) is 0 Å². The van der Waals surface area contributed by atoms with Crippen molar-refractivity contribution in [3.05, 3.63) is 53.9 Å². The number of carbonyl (C=O) groups excluding carboxylic acids is 1. The minimum atomic E-state index is -0.364. The van der Waals surface area contributed by atoms with Crippen LogP contribution < -0.4 is 5.32 Å². The third kappa shape index (κ3) is 3.85. The van der Waals surface area contributed by atoms with Gasteiger partial charge in [-0.25, -0.2) is 14.5 Å². The predicted octanol–water partition coefficient (Wildman–Crippen LogP) is 3.87. The number of nitrogens with zero attached hydrogens (tertiary/aromatic N) is 3. The van der Waals surface area contributed by atoms with Gasteiger partial charge >= 0.3 is 5.97 Å². The average Bonchev–Trinajstić information content (AvgIpc) is 3.06. The number of esters is 1. The molecule has 0 aliphatic rings. The molecule has 0 fully saturated rings. The quantitative estimate of drug-likeness (QED) is 0.492. The number of hydrogen-bond donors (Lipinski definition) is 1. The fourth-order valence-electron chi connectivity index (χ4n) is 2.84. The van der Waals surface area contributed by atoms with Crippen LogP contribution in [0.25, 0.3) is 11.0 Å². The lowest BCUT2D eigenvalue weighted by Crippen LogP contribution is -2.12. The van der Waals surface area contributed by atoms with Gasteiger partial charge < -0.3 is 10.1 Å². The van der Waals surface area contributed by atoms with Gasteiger partial charge in [0.25, 0.3) is 0 Å². The van der Waals surface area contributed by atoms with E-state index in [2.05, 4.69) is 34.5 Å². The van der Waals surface area contributed by atoms with Crippen LogP contribution in [-0.4, -0.2) is 33.9 Å². The molecule has 3 rings (SSSR count). The van der Waals surface area contributed by atoms with Crippen molar-refractivity contribution in [3.8, 4) is 0 Å². The zero-order valence-corrected chi connectivity index (χ0v) is 15.2. The molecule has 0 amide bonds. The Kier molecular flexibility index (Phi) is 5.84. The Morgan fingerprint density at radius 3 is 2.73 bits per heavy atom. The molecule has 0 aliphatic heterocycles. The Bertz CT molecular complexity index is 874. The van der Waals surface area contributed by atoms with Crippen molar-refractivity contribution < 1.29 is 9.53 Å². The van der Waals surface area contributed by atoms with Crippen molar-refractivity contribution in [2.45, 2.75) is 33.2 Å². The van der Waals surface area contributed by atoms with Crippen molar-refractivity contribution in [2.75, 3.05) is 18.5 Å². The summed E-state index contributed by atoms with van der Waals surface area (Å²) < 4.78 is 7.03. The molecule has 26 heavy (non-hydrogen) atoms. The van der Waals surface area contributed by atoms with E-state index in [0.717, 1.165) is 41.7 Å². The summed E-state index contributed by atoms with van der Waals surface area (Å²) in [6.45, 7) is 5.68. The average molecular weight is 352 g/mol. The van der Waals surface area contributed by atoms with Crippen LogP contribution in [0.5, 0.6) is 0 Å². The molecule has 1 aromatic carbocycles. The third-order valence-electron chi connectivity index (χ3n) is 4.17. The maximum atomic E-state index is 12.3. The van der Waals surface area contributed by atoms with Gasteiger partial charge in [-0.1, -0.05) is 43.7 Å². The van der Waals surface area contributed by atoms with Crippen molar-refractivity contribution in [1.29, 1.82) is 0 Å². The molecule has 0 radical (unpaired) electrons. The molecule has 6 heteroatoms. The first kappa shape index (κ1) is 17.9. The summed E-state index contributed by atoms with van der Waals surface area (Å²) in [5.41, 5.74) is 3.10. The van der Waals surface area contributed by atoms with E-state index in [0.29, 0.717) is 18.7 Å². The molecule has 0 atom stereocenters. The highest BCUT2D eigenvalue weighted by Gasteiger charge is 2.19. The molecule has 0 unspecified atom stereocenters. The minimum Gasteiger partial charge on any atom is -0.462 e. The first-order valence-corrected chi connectivity index (χ1v) is 9.04. The summed E-state index contributed by atoms with van der Waals surface area (Å²) in [6, 6.07) is 10.1. The van der Waals surface area contributed by atoms with Gasteiger partial charge in [-0.3, -0.25) is 0 Å². The van der Waals surface area contributed by atoms with Gasteiger partial charge in [0.1, 0.15) is 5.56 Å². The molecule has 6 nitrogen and oxygen atoms in total. The predicted molar refractivity (Wildman–Crippen MR) is 102 cm³/mol. The van der Waals surface area contributed by atoms with Crippen LogP contribution in [0.4, 0.5) is 5.69 Å². The largest absolute Gasteiger partial charge is 0.462 e. The van der Waals surface area contributed by atoms with Crippen molar-refractivity contribution in [2.24, 2.45) is 0 Å². The maximum absolute atomic E-state index is 12.3. The first-order chi connectivity index (χ1) is 12.7. The highest BCUT2D eigenvalue weighted by molar-refractivity contribution is 6.04. The summed E-state index contributed by atoms with van der Waals surface area (Å²) in [5.74, 6) is -0.364. The molecule has 0 saturated carbocycles. The van der Waals surface area contributed by atoms with E-state index in [-0.39, 0.29) is 5.97 Å². The molecule has 0 bridgehead atoms. The normalized spacial score (nSPS) is 10.8. The minimum absolute atomic E-state index is 0.332. The molecule has 3 aromatic rings. The van der Waals surface area contributed by atoms with Gasteiger partial charge in [0.15, 0.2) is 5.65 Å². The van der Waals surface area contributed by atoms with Crippen LogP contribution in [0, 0.1) is 0 Å². The van der Waals surface area contributed by atoms with E-state index in [1.165, 1.54) is 0 Å². The van der Waals surface area contributed by atoms with Gasteiger partial charge in [-0.05, 0) is 18.9 Å². The molecule has 2 heterocycles. The summed E-state index contributed by atoms with van der Waals surface area (Å²) in [7, 11) is 0. The molecule has 2 aromatic heterocycles. The monoisotopic (exact) mass is 352 g/mol. The van der Waals surface area contributed by atoms with Crippen LogP contribution in [-0.2, 0) is 11.3 Å². The maximum Gasteiger partial charge on any atom is 0.341 e. The summed E-state index contributed by atoms with van der Waals surface area (Å²) in [4.78, 5) is 16.8. The first-order valence-electron chi connectivity index (χ1n) is 9.04. The van der Waals surface area contributed by atoms with Crippen LogP contribution in [0.15, 0.2) is 42.7 Å². The van der Waals surface area contributed by atoms with E-state index in [9.17, 15) is 4.79 Å². The van der Waals surface area contributed by atoms with Crippen LogP contribution >= 0.6 is 0 Å². The Hall–Kier alpha value is -2.89. The molecule has 1 N–H and O–H groups in total. The number of rotatable bonds is 8. The number of unbranched alkanes of at least 4 members (excludes halogenated alkanes) is 1. The number of carbonyl (C=O) groups is 1. The van der Waals surface area contributed by atoms with E-state index in [4.69, 9.17) is 4.74 Å². The second kappa shape index (κ2) is 8.47. The topological polar surface area (TPSA) is 69.0 Å². The highest BCUT2D eigenvalue weighted by Crippen LogP contribution is 2.27. The fourth-order valence-corrected chi connectivity index (χ4v) is 2.84. The molecular formula is C20H24N4O2. The second-order valence-electron chi connectivity index (χ2n) is 6.07. The van der Waals surface area contributed by atoms with E-state index < -0.39 is 0 Å². The van der Waals surface area contributed by atoms with E-state index >= 15 is 0 Å². The number of hydrogen-bond acceptors (Lipinski definition) is 5. The summed E-state index contributed by atoms with van der Waals surface area (Å²) >= 11 is 0. The van der Waals surface area contributed by atoms with Crippen LogP contribution in [0.3, 0.4) is 0 Å². The van der Waals surface area contributed by atoms with E-state index in [1.807, 2.05) is 22.9 Å². The number of fused-ring (bicyclic) bond motifs is 1. The smallest absolute Gasteiger partial charge is 0.341 e.